The largest absolute Gasteiger partial charge is 0.508 e. The third kappa shape index (κ3) is 3.38. The fourth-order valence-electron chi connectivity index (χ4n) is 3.27. The summed E-state index contributed by atoms with van der Waals surface area (Å²) in [6, 6.07) is 6.66. The van der Waals surface area contributed by atoms with Gasteiger partial charge in [-0.1, -0.05) is 29.8 Å². The van der Waals surface area contributed by atoms with E-state index in [2.05, 4.69) is 0 Å². The van der Waals surface area contributed by atoms with Gasteiger partial charge in [0.1, 0.15) is 11.6 Å². The highest BCUT2D eigenvalue weighted by Gasteiger charge is 2.31. The van der Waals surface area contributed by atoms with Gasteiger partial charge in [0.15, 0.2) is 0 Å². The molecule has 1 unspecified atom stereocenters. The van der Waals surface area contributed by atoms with Crippen molar-refractivity contribution in [2.45, 2.75) is 25.7 Å². The number of nitrogens with zero attached hydrogens (tertiary/aromatic N) is 1. The number of amides is 1. The highest BCUT2D eigenvalue weighted by atomic mass is 35.5. The number of phenols is 1. The van der Waals surface area contributed by atoms with E-state index in [1.807, 2.05) is 6.92 Å². The summed E-state index contributed by atoms with van der Waals surface area (Å²) in [7, 11) is 0. The van der Waals surface area contributed by atoms with Crippen LogP contribution in [0.4, 0.5) is 13.2 Å². The number of aromatic hydroxyl groups is 1. The summed E-state index contributed by atoms with van der Waals surface area (Å²) in [5.41, 5.74) is 0.335. The number of aryl methyl sites for hydroxylation is 1. The lowest BCUT2D eigenvalue weighted by molar-refractivity contribution is 0.0784. The highest BCUT2D eigenvalue weighted by Crippen LogP contribution is 2.37. The minimum absolute atomic E-state index is 0.0470. The predicted molar refractivity (Wildman–Crippen MR) is 92.5 cm³/mol. The summed E-state index contributed by atoms with van der Waals surface area (Å²) in [6.07, 6.45) is -2.40. The first kappa shape index (κ1) is 18.6. The van der Waals surface area contributed by atoms with E-state index in [-0.39, 0.29) is 23.8 Å². The third-order valence-corrected chi connectivity index (χ3v) is 5.12. The van der Waals surface area contributed by atoms with Gasteiger partial charge in [0.05, 0.1) is 11.1 Å². The Bertz CT molecular complexity index is 857. The first-order valence-corrected chi connectivity index (χ1v) is 8.52. The van der Waals surface area contributed by atoms with Crippen LogP contribution in [0.3, 0.4) is 0 Å². The number of carbonyl (C=O) groups is 1. The van der Waals surface area contributed by atoms with Gasteiger partial charge in [0.2, 0.25) is 0 Å². The van der Waals surface area contributed by atoms with E-state index in [1.165, 1.54) is 23.1 Å². The molecule has 1 aliphatic rings. The molecule has 1 fully saturated rings. The number of carbonyl (C=O) groups excluding carboxylic acids is 1. The molecule has 2 aromatic rings. The lowest BCUT2D eigenvalue weighted by atomic mass is 9.96. The van der Waals surface area contributed by atoms with Crippen LogP contribution in [0, 0.1) is 12.7 Å². The molecule has 3 nitrogen and oxygen atoms in total. The lowest BCUT2D eigenvalue weighted by Gasteiger charge is -2.18. The molecule has 0 spiro atoms. The summed E-state index contributed by atoms with van der Waals surface area (Å²) in [5.74, 6) is -1.89. The standard InChI is InChI=1S/C19H17ClF3NO2/c1-10-7-14(16(25)8-15(10)20)11-5-6-24(9-11)19(26)13-4-2-3-12(17(13)21)18(22)23/h2-4,7-8,11,18,25H,5-6,9H2,1H3. The zero-order chi connectivity index (χ0) is 19.0. The van der Waals surface area contributed by atoms with Crippen molar-refractivity contribution in [1.29, 1.82) is 0 Å². The van der Waals surface area contributed by atoms with Gasteiger partial charge in [0.25, 0.3) is 12.3 Å². The number of phenolic OH excluding ortho intramolecular Hbond substituents is 1. The van der Waals surface area contributed by atoms with Crippen LogP contribution in [0.2, 0.25) is 5.02 Å². The quantitative estimate of drug-likeness (QED) is 0.804. The summed E-state index contributed by atoms with van der Waals surface area (Å²) in [4.78, 5) is 14.0. The van der Waals surface area contributed by atoms with E-state index in [0.717, 1.165) is 11.6 Å². The number of hydrogen-bond acceptors (Lipinski definition) is 2. The van der Waals surface area contributed by atoms with E-state index in [4.69, 9.17) is 11.6 Å². The van der Waals surface area contributed by atoms with Gasteiger partial charge in [-0.25, -0.2) is 13.2 Å². The van der Waals surface area contributed by atoms with Gasteiger partial charge in [-0.3, -0.25) is 4.79 Å². The number of benzene rings is 2. The van der Waals surface area contributed by atoms with Crippen molar-refractivity contribution < 1.29 is 23.1 Å². The van der Waals surface area contributed by atoms with E-state index in [0.29, 0.717) is 23.6 Å². The van der Waals surface area contributed by atoms with E-state index in [9.17, 15) is 23.1 Å². The molecule has 0 aliphatic carbocycles. The number of halogens is 4. The second kappa shape index (κ2) is 7.19. The molecular formula is C19H17ClF3NO2. The summed E-state index contributed by atoms with van der Waals surface area (Å²) < 4.78 is 39.9. The second-order valence-corrected chi connectivity index (χ2v) is 6.81. The molecule has 1 atom stereocenters. The van der Waals surface area contributed by atoms with Crippen molar-refractivity contribution in [2.75, 3.05) is 13.1 Å². The lowest BCUT2D eigenvalue weighted by Crippen LogP contribution is -2.29. The maximum atomic E-state index is 14.2. The maximum absolute atomic E-state index is 14.2. The maximum Gasteiger partial charge on any atom is 0.266 e. The van der Waals surface area contributed by atoms with Crippen molar-refractivity contribution in [3.63, 3.8) is 0 Å². The topological polar surface area (TPSA) is 40.5 Å². The molecule has 0 bridgehead atoms. The third-order valence-electron chi connectivity index (χ3n) is 4.72. The van der Waals surface area contributed by atoms with Crippen LogP contribution < -0.4 is 0 Å². The number of alkyl halides is 2. The molecule has 138 valence electrons. The van der Waals surface area contributed by atoms with E-state index < -0.39 is 23.7 Å². The first-order chi connectivity index (χ1) is 12.3. The predicted octanol–water partition coefficient (Wildman–Crippen LogP) is 5.06. The molecular weight excluding hydrogens is 367 g/mol. The second-order valence-electron chi connectivity index (χ2n) is 6.41. The summed E-state index contributed by atoms with van der Waals surface area (Å²) in [5, 5.41) is 10.6. The van der Waals surface area contributed by atoms with Gasteiger partial charge in [-0.2, -0.15) is 0 Å². The summed E-state index contributed by atoms with van der Waals surface area (Å²) >= 11 is 5.98. The minimum Gasteiger partial charge on any atom is -0.508 e. The van der Waals surface area contributed by atoms with E-state index >= 15 is 0 Å². The van der Waals surface area contributed by atoms with Crippen LogP contribution in [0.15, 0.2) is 30.3 Å². The Kier molecular flexibility index (Phi) is 5.14. The van der Waals surface area contributed by atoms with Crippen molar-refractivity contribution in [3.8, 4) is 5.75 Å². The molecule has 1 aliphatic heterocycles. The van der Waals surface area contributed by atoms with Crippen LogP contribution in [0.5, 0.6) is 5.75 Å². The molecule has 1 N–H and O–H groups in total. The van der Waals surface area contributed by atoms with Crippen molar-refractivity contribution in [2.24, 2.45) is 0 Å². The molecule has 0 aromatic heterocycles. The summed E-state index contributed by atoms with van der Waals surface area (Å²) in [6.45, 7) is 2.43. The fourth-order valence-corrected chi connectivity index (χ4v) is 3.43. The van der Waals surface area contributed by atoms with Crippen LogP contribution >= 0.6 is 11.6 Å². The molecule has 2 aromatic carbocycles. The molecule has 26 heavy (non-hydrogen) atoms. The Morgan fingerprint density at radius 2 is 2.08 bits per heavy atom. The molecule has 1 amide bonds. The zero-order valence-electron chi connectivity index (χ0n) is 14.0. The van der Waals surface area contributed by atoms with E-state index in [1.54, 1.807) is 6.07 Å². The number of likely N-dealkylation sites (tertiary alicyclic amines) is 1. The molecule has 1 saturated heterocycles. The zero-order valence-corrected chi connectivity index (χ0v) is 14.7. The molecule has 0 saturated carbocycles. The van der Waals surface area contributed by atoms with Gasteiger partial charge in [0, 0.05) is 24.0 Å². The van der Waals surface area contributed by atoms with Crippen LogP contribution in [0.25, 0.3) is 0 Å². The Morgan fingerprint density at radius 3 is 2.77 bits per heavy atom. The minimum atomic E-state index is -2.98. The van der Waals surface area contributed by atoms with Crippen molar-refractivity contribution in [1.82, 2.24) is 4.90 Å². The average Bonchev–Trinajstić information content (AvgIpc) is 3.07. The Morgan fingerprint density at radius 1 is 1.35 bits per heavy atom. The van der Waals surface area contributed by atoms with Gasteiger partial charge >= 0.3 is 0 Å². The molecule has 1 heterocycles. The monoisotopic (exact) mass is 383 g/mol. The number of hydrogen-bond donors (Lipinski definition) is 1. The molecule has 3 rings (SSSR count). The SMILES string of the molecule is Cc1cc(C2CCN(C(=O)c3cccc(C(F)F)c3F)C2)c(O)cc1Cl. The highest BCUT2D eigenvalue weighted by molar-refractivity contribution is 6.31. The number of rotatable bonds is 3. The van der Waals surface area contributed by atoms with Crippen molar-refractivity contribution in [3.05, 3.63) is 63.4 Å². The van der Waals surface area contributed by atoms with Gasteiger partial charge in [-0.05, 0) is 36.6 Å². The normalized spacial score (nSPS) is 17.2. The Labute approximate surface area is 154 Å². The van der Waals surface area contributed by atoms with Gasteiger partial charge < -0.3 is 10.0 Å². The Balaban J connectivity index is 1.82. The smallest absolute Gasteiger partial charge is 0.266 e. The molecule has 7 heteroatoms. The van der Waals surface area contributed by atoms with Crippen LogP contribution in [-0.2, 0) is 0 Å². The van der Waals surface area contributed by atoms with Crippen LogP contribution in [-0.4, -0.2) is 29.0 Å². The average molecular weight is 384 g/mol. The van der Waals surface area contributed by atoms with Crippen LogP contribution in [0.1, 0.15) is 45.8 Å². The molecule has 0 radical (unpaired) electrons. The fraction of sp³-hybridized carbons (Fsp3) is 0.316. The van der Waals surface area contributed by atoms with Crippen molar-refractivity contribution >= 4 is 17.5 Å². The first-order valence-electron chi connectivity index (χ1n) is 8.14. The van der Waals surface area contributed by atoms with Gasteiger partial charge in [-0.15, -0.1) is 0 Å². The Hall–Kier alpha value is -2.21.